The highest BCUT2D eigenvalue weighted by molar-refractivity contribution is 5.35. The van der Waals surface area contributed by atoms with Gasteiger partial charge in [0.25, 0.3) is 5.69 Å². The number of nitrogens with zero attached hydrogens (tertiary/aromatic N) is 2. The predicted octanol–water partition coefficient (Wildman–Crippen LogP) is 4.14. The minimum atomic E-state index is -0.783. The van der Waals surface area contributed by atoms with Gasteiger partial charge in [0.05, 0.1) is 11.0 Å². The first-order valence-electron chi connectivity index (χ1n) is 8.82. The predicted molar refractivity (Wildman–Crippen MR) is 104 cm³/mol. The zero-order valence-electron chi connectivity index (χ0n) is 15.1. The van der Waals surface area contributed by atoms with Gasteiger partial charge in [0.15, 0.2) is 0 Å². The Balaban J connectivity index is 2.00. The Labute approximate surface area is 154 Å². The van der Waals surface area contributed by atoms with E-state index >= 15 is 0 Å². The van der Waals surface area contributed by atoms with Gasteiger partial charge in [-0.05, 0) is 30.9 Å². The maximum absolute atomic E-state index is 10.9. The normalized spacial score (nSPS) is 13.3. The van der Waals surface area contributed by atoms with E-state index in [0.29, 0.717) is 18.7 Å². The van der Waals surface area contributed by atoms with Crippen LogP contribution >= 0.6 is 0 Å². The molecule has 0 fully saturated rings. The number of rotatable bonds is 10. The summed E-state index contributed by atoms with van der Waals surface area (Å²) in [5, 5.41) is 21.5. The third-order valence-corrected chi connectivity index (χ3v) is 4.55. The third-order valence-electron chi connectivity index (χ3n) is 4.55. The Morgan fingerprint density at radius 1 is 1.23 bits per heavy atom. The van der Waals surface area contributed by atoms with E-state index in [-0.39, 0.29) is 11.7 Å². The Morgan fingerprint density at radius 2 is 1.96 bits per heavy atom. The number of non-ortho nitro benzene ring substituents is 1. The van der Waals surface area contributed by atoms with Crippen molar-refractivity contribution in [1.29, 1.82) is 0 Å². The zero-order chi connectivity index (χ0) is 18.9. The number of hydrogen-bond acceptors (Lipinski definition) is 4. The van der Waals surface area contributed by atoms with Crippen LogP contribution in [0.3, 0.4) is 0 Å². The summed E-state index contributed by atoms with van der Waals surface area (Å²) in [6, 6.07) is 16.7. The first kappa shape index (κ1) is 19.8. The molecule has 0 heterocycles. The average molecular weight is 354 g/mol. The van der Waals surface area contributed by atoms with E-state index in [4.69, 9.17) is 0 Å². The zero-order valence-corrected chi connectivity index (χ0v) is 15.1. The minimum absolute atomic E-state index is 0.00560. The molecular weight excluding hydrogens is 328 g/mol. The van der Waals surface area contributed by atoms with Crippen molar-refractivity contribution < 1.29 is 10.0 Å². The van der Waals surface area contributed by atoms with E-state index < -0.39 is 11.0 Å². The van der Waals surface area contributed by atoms with E-state index in [0.717, 1.165) is 12.8 Å². The van der Waals surface area contributed by atoms with Gasteiger partial charge >= 0.3 is 0 Å². The highest BCUT2D eigenvalue weighted by atomic mass is 16.6. The Kier molecular flexibility index (Phi) is 7.51. The SMILES string of the molecule is C=CCN(C[C@H](O)c1cccc([N+](=O)[O-])c1)[C@@H](C)CCc1ccccc1. The molecule has 0 amide bonds. The smallest absolute Gasteiger partial charge is 0.269 e. The van der Waals surface area contributed by atoms with Gasteiger partial charge in [-0.15, -0.1) is 6.58 Å². The topological polar surface area (TPSA) is 66.6 Å². The molecule has 2 rings (SSSR count). The van der Waals surface area contributed by atoms with Gasteiger partial charge in [0, 0.05) is 31.3 Å². The molecule has 0 saturated heterocycles. The van der Waals surface area contributed by atoms with Crippen molar-refractivity contribution in [3.63, 3.8) is 0 Å². The molecule has 0 aliphatic rings. The van der Waals surface area contributed by atoms with Crippen molar-refractivity contribution in [3.05, 3.63) is 88.5 Å². The highest BCUT2D eigenvalue weighted by Gasteiger charge is 2.19. The molecule has 5 nitrogen and oxygen atoms in total. The largest absolute Gasteiger partial charge is 0.387 e. The van der Waals surface area contributed by atoms with Crippen LogP contribution in [0.5, 0.6) is 0 Å². The molecule has 5 heteroatoms. The maximum Gasteiger partial charge on any atom is 0.269 e. The van der Waals surface area contributed by atoms with Crippen LogP contribution in [0.4, 0.5) is 5.69 Å². The lowest BCUT2D eigenvalue weighted by molar-refractivity contribution is -0.385. The minimum Gasteiger partial charge on any atom is -0.387 e. The van der Waals surface area contributed by atoms with Crippen LogP contribution in [-0.2, 0) is 6.42 Å². The fourth-order valence-corrected chi connectivity index (χ4v) is 2.98. The van der Waals surface area contributed by atoms with Crippen molar-refractivity contribution in [2.45, 2.75) is 31.9 Å². The molecule has 0 radical (unpaired) electrons. The van der Waals surface area contributed by atoms with E-state index in [2.05, 4.69) is 30.5 Å². The van der Waals surface area contributed by atoms with E-state index in [1.165, 1.54) is 17.7 Å². The molecule has 0 aliphatic carbocycles. The first-order chi connectivity index (χ1) is 12.5. The van der Waals surface area contributed by atoms with Gasteiger partial charge in [-0.1, -0.05) is 48.5 Å². The summed E-state index contributed by atoms with van der Waals surface area (Å²) in [7, 11) is 0. The number of benzene rings is 2. The second-order valence-corrected chi connectivity index (χ2v) is 6.48. The quantitative estimate of drug-likeness (QED) is 0.396. The lowest BCUT2D eigenvalue weighted by atomic mass is 10.0. The molecule has 138 valence electrons. The monoisotopic (exact) mass is 354 g/mol. The van der Waals surface area contributed by atoms with Crippen molar-refractivity contribution in [2.24, 2.45) is 0 Å². The lowest BCUT2D eigenvalue weighted by Crippen LogP contribution is -2.37. The summed E-state index contributed by atoms with van der Waals surface area (Å²) in [6.45, 7) is 7.00. The molecule has 0 bridgehead atoms. The second kappa shape index (κ2) is 9.85. The van der Waals surface area contributed by atoms with Gasteiger partial charge < -0.3 is 5.11 Å². The summed E-state index contributed by atoms with van der Waals surface area (Å²) >= 11 is 0. The van der Waals surface area contributed by atoms with E-state index in [1.807, 2.05) is 24.3 Å². The van der Waals surface area contributed by atoms with Crippen LogP contribution in [0.2, 0.25) is 0 Å². The maximum atomic E-state index is 10.9. The molecular formula is C21H26N2O3. The van der Waals surface area contributed by atoms with Gasteiger partial charge in [-0.2, -0.15) is 0 Å². The number of hydrogen-bond donors (Lipinski definition) is 1. The summed E-state index contributed by atoms with van der Waals surface area (Å²) in [6.07, 6.45) is 2.95. The van der Waals surface area contributed by atoms with E-state index in [9.17, 15) is 15.2 Å². The molecule has 2 atom stereocenters. The molecule has 0 aliphatic heterocycles. The fraction of sp³-hybridized carbons (Fsp3) is 0.333. The van der Waals surface area contributed by atoms with Crippen LogP contribution in [0, 0.1) is 10.1 Å². The summed E-state index contributed by atoms with van der Waals surface area (Å²) < 4.78 is 0. The molecule has 0 aromatic heterocycles. The molecule has 2 aromatic carbocycles. The molecule has 2 aromatic rings. The van der Waals surface area contributed by atoms with Gasteiger partial charge in [0.2, 0.25) is 0 Å². The fourth-order valence-electron chi connectivity index (χ4n) is 2.98. The Bertz CT molecular complexity index is 718. The number of aliphatic hydroxyl groups is 1. The van der Waals surface area contributed by atoms with Crippen LogP contribution in [0.15, 0.2) is 67.3 Å². The third kappa shape index (κ3) is 5.79. The molecule has 26 heavy (non-hydrogen) atoms. The van der Waals surface area contributed by atoms with Crippen LogP contribution in [-0.4, -0.2) is 34.1 Å². The van der Waals surface area contributed by atoms with Crippen molar-refractivity contribution >= 4 is 5.69 Å². The molecule has 1 N–H and O–H groups in total. The van der Waals surface area contributed by atoms with Gasteiger partial charge in [-0.3, -0.25) is 15.0 Å². The summed E-state index contributed by atoms with van der Waals surface area (Å²) in [5.41, 5.74) is 1.84. The average Bonchev–Trinajstić information content (AvgIpc) is 2.66. The summed E-state index contributed by atoms with van der Waals surface area (Å²) in [4.78, 5) is 12.6. The van der Waals surface area contributed by atoms with Crippen molar-refractivity contribution in [1.82, 2.24) is 4.90 Å². The van der Waals surface area contributed by atoms with E-state index in [1.54, 1.807) is 12.1 Å². The molecule has 0 unspecified atom stereocenters. The highest BCUT2D eigenvalue weighted by Crippen LogP contribution is 2.21. The van der Waals surface area contributed by atoms with Crippen LogP contribution in [0.1, 0.15) is 30.6 Å². The molecule has 0 spiro atoms. The van der Waals surface area contributed by atoms with Crippen molar-refractivity contribution in [3.8, 4) is 0 Å². The number of nitro benzene ring substituents is 1. The summed E-state index contributed by atoms with van der Waals surface area (Å²) in [5.74, 6) is 0. The van der Waals surface area contributed by atoms with Crippen LogP contribution < -0.4 is 0 Å². The second-order valence-electron chi connectivity index (χ2n) is 6.48. The Hall–Kier alpha value is -2.50. The lowest BCUT2D eigenvalue weighted by Gasteiger charge is -2.30. The van der Waals surface area contributed by atoms with Crippen LogP contribution in [0.25, 0.3) is 0 Å². The standard InChI is InChI=1S/C21H26N2O3/c1-3-14-22(17(2)12-13-18-8-5-4-6-9-18)16-21(24)19-10-7-11-20(15-19)23(25)26/h3-11,15,17,21,24H,1,12-14,16H2,2H3/t17-,21-/m0/s1. The number of nitro groups is 1. The molecule has 0 saturated carbocycles. The van der Waals surface area contributed by atoms with Crippen molar-refractivity contribution in [2.75, 3.05) is 13.1 Å². The Morgan fingerprint density at radius 3 is 2.62 bits per heavy atom. The first-order valence-corrected chi connectivity index (χ1v) is 8.82. The van der Waals surface area contributed by atoms with Gasteiger partial charge in [-0.25, -0.2) is 0 Å². The van der Waals surface area contributed by atoms with Gasteiger partial charge in [0.1, 0.15) is 0 Å². The number of aryl methyl sites for hydroxylation is 1. The number of aliphatic hydroxyl groups excluding tert-OH is 1.